The minimum atomic E-state index is -1.33. The maximum atomic E-state index is 12.0. The molecule has 2 aromatic carbocycles. The molecule has 0 saturated carbocycles. The summed E-state index contributed by atoms with van der Waals surface area (Å²) in [6, 6.07) is 11.7. The summed E-state index contributed by atoms with van der Waals surface area (Å²) in [5.74, 6) is -1.47. The molecule has 124 valence electrons. The maximum absolute atomic E-state index is 12.0. The van der Waals surface area contributed by atoms with E-state index in [9.17, 15) is 14.7 Å². The zero-order valence-corrected chi connectivity index (χ0v) is 13.5. The van der Waals surface area contributed by atoms with Gasteiger partial charge in [-0.1, -0.05) is 29.8 Å². The van der Waals surface area contributed by atoms with Crippen molar-refractivity contribution in [2.45, 2.75) is 6.92 Å². The van der Waals surface area contributed by atoms with Gasteiger partial charge in [0.05, 0.1) is 22.8 Å². The van der Waals surface area contributed by atoms with Crippen molar-refractivity contribution in [2.24, 2.45) is 5.10 Å². The van der Waals surface area contributed by atoms with Gasteiger partial charge in [-0.15, -0.1) is 0 Å². The van der Waals surface area contributed by atoms with Crippen molar-refractivity contribution < 1.29 is 19.4 Å². The monoisotopic (exact) mass is 345 g/mol. The second kappa shape index (κ2) is 8.12. The average Bonchev–Trinajstić information content (AvgIpc) is 2.53. The van der Waals surface area contributed by atoms with E-state index in [0.717, 1.165) is 5.56 Å². The van der Waals surface area contributed by atoms with Gasteiger partial charge in [0.25, 0.3) is 5.91 Å². The van der Waals surface area contributed by atoms with Crippen molar-refractivity contribution >= 4 is 29.7 Å². The molecule has 0 radical (unpaired) electrons. The van der Waals surface area contributed by atoms with E-state index < -0.39 is 18.5 Å². The van der Waals surface area contributed by atoms with Gasteiger partial charge >= 0.3 is 0 Å². The Balaban J connectivity index is 2.06. The summed E-state index contributed by atoms with van der Waals surface area (Å²) in [5.41, 5.74) is 4.12. The van der Waals surface area contributed by atoms with Gasteiger partial charge in [-0.3, -0.25) is 4.79 Å². The molecule has 1 amide bonds. The van der Waals surface area contributed by atoms with Gasteiger partial charge in [-0.05, 0) is 36.8 Å². The van der Waals surface area contributed by atoms with E-state index in [-0.39, 0.29) is 0 Å². The largest absolute Gasteiger partial charge is 0.546 e. The highest BCUT2D eigenvalue weighted by Crippen LogP contribution is 2.18. The van der Waals surface area contributed by atoms with Crippen LogP contribution in [0.3, 0.4) is 0 Å². The Labute approximate surface area is 143 Å². The van der Waals surface area contributed by atoms with E-state index in [1.165, 1.54) is 6.21 Å². The van der Waals surface area contributed by atoms with E-state index in [0.29, 0.717) is 21.9 Å². The minimum absolute atomic E-state index is 0.306. The SMILES string of the molecule is Cc1ccc(C(=O)N/N=C\c2ccccc2OCC(=O)[O-])c(Cl)c1. The van der Waals surface area contributed by atoms with E-state index in [4.69, 9.17) is 16.3 Å². The predicted molar refractivity (Wildman–Crippen MR) is 88.2 cm³/mol. The van der Waals surface area contributed by atoms with E-state index in [1.54, 1.807) is 42.5 Å². The van der Waals surface area contributed by atoms with Crippen molar-refractivity contribution in [3.05, 3.63) is 64.2 Å². The number of hydrogen-bond donors (Lipinski definition) is 1. The third-order valence-corrected chi connectivity index (χ3v) is 3.32. The van der Waals surface area contributed by atoms with Crippen LogP contribution in [-0.4, -0.2) is 24.7 Å². The first-order valence-corrected chi connectivity index (χ1v) is 7.36. The van der Waals surface area contributed by atoms with Crippen molar-refractivity contribution in [1.82, 2.24) is 5.43 Å². The summed E-state index contributed by atoms with van der Waals surface area (Å²) in [7, 11) is 0. The number of hydrazone groups is 1. The number of rotatable bonds is 6. The number of nitrogens with zero attached hydrogens (tertiary/aromatic N) is 1. The van der Waals surface area contributed by atoms with Crippen LogP contribution >= 0.6 is 11.6 Å². The van der Waals surface area contributed by atoms with Gasteiger partial charge in [0.2, 0.25) is 0 Å². The molecule has 1 N–H and O–H groups in total. The molecule has 0 aromatic heterocycles. The number of para-hydroxylation sites is 1. The lowest BCUT2D eigenvalue weighted by Gasteiger charge is -2.09. The van der Waals surface area contributed by atoms with Crippen LogP contribution in [0.4, 0.5) is 0 Å². The normalized spacial score (nSPS) is 10.6. The average molecular weight is 346 g/mol. The van der Waals surface area contributed by atoms with Crippen LogP contribution in [0, 0.1) is 6.92 Å². The first-order valence-electron chi connectivity index (χ1n) is 6.98. The van der Waals surface area contributed by atoms with Crippen molar-refractivity contribution in [3.63, 3.8) is 0 Å². The summed E-state index contributed by atoms with van der Waals surface area (Å²) in [4.78, 5) is 22.5. The van der Waals surface area contributed by atoms with Crippen LogP contribution in [0.25, 0.3) is 0 Å². The highest BCUT2D eigenvalue weighted by Gasteiger charge is 2.09. The number of carbonyl (C=O) groups is 2. The molecule has 0 spiro atoms. The Morgan fingerprint density at radius 3 is 2.75 bits per heavy atom. The maximum Gasteiger partial charge on any atom is 0.272 e. The molecule has 0 saturated heterocycles. The Bertz CT molecular complexity index is 790. The second-order valence-corrected chi connectivity index (χ2v) is 5.29. The van der Waals surface area contributed by atoms with Crippen molar-refractivity contribution in [3.8, 4) is 5.75 Å². The zero-order valence-electron chi connectivity index (χ0n) is 12.8. The molecule has 0 heterocycles. The number of carboxylic acid groups (broad SMARTS) is 1. The first-order chi connectivity index (χ1) is 11.5. The quantitative estimate of drug-likeness (QED) is 0.635. The van der Waals surface area contributed by atoms with Gasteiger partial charge in [0.15, 0.2) is 0 Å². The van der Waals surface area contributed by atoms with Crippen molar-refractivity contribution in [2.75, 3.05) is 6.61 Å². The summed E-state index contributed by atoms with van der Waals surface area (Å²) in [5, 5.41) is 14.6. The minimum Gasteiger partial charge on any atom is -0.546 e. The first kappa shape index (κ1) is 17.5. The third-order valence-electron chi connectivity index (χ3n) is 3.00. The Morgan fingerprint density at radius 1 is 1.29 bits per heavy atom. The molecule has 0 unspecified atom stereocenters. The number of aliphatic carboxylic acids is 1. The number of nitrogens with one attached hydrogen (secondary N) is 1. The van der Waals surface area contributed by atoms with Crippen LogP contribution in [0.1, 0.15) is 21.5 Å². The van der Waals surface area contributed by atoms with E-state index in [2.05, 4.69) is 10.5 Å². The molecule has 0 fully saturated rings. The predicted octanol–water partition coefficient (Wildman–Crippen LogP) is 1.54. The number of carbonyl (C=O) groups excluding carboxylic acids is 2. The summed E-state index contributed by atoms with van der Waals surface area (Å²) in [6.07, 6.45) is 1.35. The standard InChI is InChI=1S/C17H15ClN2O4/c1-11-6-7-13(14(18)8-11)17(23)20-19-9-12-4-2-3-5-15(12)24-10-16(21)22/h2-9H,10H2,1H3,(H,20,23)(H,21,22)/p-1/b19-9-. The van der Waals surface area contributed by atoms with Gasteiger partial charge in [0, 0.05) is 5.56 Å². The fourth-order valence-corrected chi connectivity index (χ4v) is 2.20. The van der Waals surface area contributed by atoms with Gasteiger partial charge < -0.3 is 14.6 Å². The summed E-state index contributed by atoms with van der Waals surface area (Å²) >= 11 is 6.02. The van der Waals surface area contributed by atoms with E-state index >= 15 is 0 Å². The molecular formula is C17H14ClN2O4-. The van der Waals surface area contributed by atoms with Crippen molar-refractivity contribution in [1.29, 1.82) is 0 Å². The van der Waals surface area contributed by atoms with Crippen LogP contribution in [0.2, 0.25) is 5.02 Å². The van der Waals surface area contributed by atoms with Gasteiger partial charge in [0.1, 0.15) is 12.4 Å². The van der Waals surface area contributed by atoms with Crippen LogP contribution in [0.5, 0.6) is 5.75 Å². The number of halogens is 1. The fraction of sp³-hybridized carbons (Fsp3) is 0.118. The zero-order chi connectivity index (χ0) is 17.5. The second-order valence-electron chi connectivity index (χ2n) is 4.88. The van der Waals surface area contributed by atoms with Gasteiger partial charge in [-0.25, -0.2) is 5.43 Å². The highest BCUT2D eigenvalue weighted by atomic mass is 35.5. The lowest BCUT2D eigenvalue weighted by Crippen LogP contribution is -2.29. The molecule has 24 heavy (non-hydrogen) atoms. The smallest absolute Gasteiger partial charge is 0.272 e. The molecule has 2 rings (SSSR count). The number of hydrogen-bond acceptors (Lipinski definition) is 5. The third kappa shape index (κ3) is 4.82. The molecule has 2 aromatic rings. The number of ether oxygens (including phenoxy) is 1. The van der Waals surface area contributed by atoms with Crippen LogP contribution < -0.4 is 15.3 Å². The molecular weight excluding hydrogens is 332 g/mol. The fourth-order valence-electron chi connectivity index (χ4n) is 1.88. The topological polar surface area (TPSA) is 90.8 Å². The Kier molecular flexibility index (Phi) is 5.92. The molecule has 0 aliphatic rings. The number of carboxylic acids is 1. The molecule has 6 nitrogen and oxygen atoms in total. The molecule has 0 bridgehead atoms. The Hall–Kier alpha value is -2.86. The van der Waals surface area contributed by atoms with Crippen LogP contribution in [0.15, 0.2) is 47.6 Å². The van der Waals surface area contributed by atoms with Gasteiger partial charge in [-0.2, -0.15) is 5.10 Å². The molecule has 0 aliphatic carbocycles. The summed E-state index contributed by atoms with van der Waals surface area (Å²) in [6.45, 7) is 1.30. The summed E-state index contributed by atoms with van der Waals surface area (Å²) < 4.78 is 5.09. The molecule has 0 aliphatic heterocycles. The number of amides is 1. The number of aryl methyl sites for hydroxylation is 1. The lowest BCUT2D eigenvalue weighted by atomic mass is 10.1. The molecule has 0 atom stereocenters. The lowest BCUT2D eigenvalue weighted by molar-refractivity contribution is -0.307. The van der Waals surface area contributed by atoms with E-state index in [1.807, 2.05) is 6.92 Å². The molecule has 7 heteroatoms. The Morgan fingerprint density at radius 2 is 2.04 bits per heavy atom. The highest BCUT2D eigenvalue weighted by molar-refractivity contribution is 6.33. The number of benzene rings is 2. The van der Waals surface area contributed by atoms with Crippen LogP contribution in [-0.2, 0) is 4.79 Å².